The number of nitriles is 1. The number of aromatic nitrogens is 4. The highest BCUT2D eigenvalue weighted by Gasteiger charge is 2.11. The summed E-state index contributed by atoms with van der Waals surface area (Å²) < 4.78 is 1.39. The molecule has 0 spiro atoms. The van der Waals surface area contributed by atoms with Gasteiger partial charge in [0.1, 0.15) is 5.01 Å². The van der Waals surface area contributed by atoms with E-state index in [1.54, 1.807) is 48.9 Å². The van der Waals surface area contributed by atoms with Gasteiger partial charge in [0.05, 0.1) is 17.2 Å². The van der Waals surface area contributed by atoms with Crippen molar-refractivity contribution < 1.29 is 0 Å². The summed E-state index contributed by atoms with van der Waals surface area (Å²) in [6, 6.07) is 12.6. The lowest BCUT2D eigenvalue weighted by Gasteiger charge is -2.01. The van der Waals surface area contributed by atoms with Gasteiger partial charge < -0.3 is 0 Å². The predicted molar refractivity (Wildman–Crippen MR) is 95.4 cm³/mol. The first-order valence-corrected chi connectivity index (χ1v) is 8.31. The Bertz CT molecular complexity index is 1100. The lowest BCUT2D eigenvalue weighted by molar-refractivity contribution is 0.819. The lowest BCUT2D eigenvalue weighted by atomic mass is 10.1. The van der Waals surface area contributed by atoms with E-state index in [-0.39, 0.29) is 5.56 Å². The average Bonchev–Trinajstić information content (AvgIpc) is 3.32. The first kappa shape index (κ1) is 15.1. The van der Waals surface area contributed by atoms with Gasteiger partial charge in [0.2, 0.25) is 0 Å². The molecule has 120 valence electrons. The van der Waals surface area contributed by atoms with Gasteiger partial charge in [-0.05, 0) is 29.8 Å². The van der Waals surface area contributed by atoms with Gasteiger partial charge in [-0.3, -0.25) is 9.89 Å². The van der Waals surface area contributed by atoms with Gasteiger partial charge in [-0.25, -0.2) is 14.6 Å². The average molecular weight is 345 g/mol. The summed E-state index contributed by atoms with van der Waals surface area (Å²) in [5.41, 5.74) is 2.54. The van der Waals surface area contributed by atoms with Crippen LogP contribution >= 0.6 is 11.3 Å². The molecule has 4 rings (SSSR count). The topological polar surface area (TPSA) is 87.4 Å². The van der Waals surface area contributed by atoms with Crippen LogP contribution in [0.3, 0.4) is 0 Å². The van der Waals surface area contributed by atoms with E-state index in [0.717, 1.165) is 16.1 Å². The maximum Gasteiger partial charge on any atom is 0.280 e. The van der Waals surface area contributed by atoms with E-state index in [1.807, 2.05) is 11.4 Å². The molecule has 0 unspecified atom stereocenters. The fraction of sp³-hybridized carbons (Fsp3) is 0. The van der Waals surface area contributed by atoms with Gasteiger partial charge >= 0.3 is 0 Å². The molecule has 7 heteroatoms. The largest absolute Gasteiger partial charge is 0.296 e. The Morgan fingerprint density at radius 2 is 1.88 bits per heavy atom. The number of rotatable bonds is 3. The summed E-state index contributed by atoms with van der Waals surface area (Å²) in [7, 11) is 0. The minimum atomic E-state index is -0.195. The summed E-state index contributed by atoms with van der Waals surface area (Å²) in [5, 5.41) is 14.6. The highest BCUT2D eigenvalue weighted by Crippen LogP contribution is 2.21. The van der Waals surface area contributed by atoms with Crippen molar-refractivity contribution >= 4 is 11.3 Å². The summed E-state index contributed by atoms with van der Waals surface area (Å²) in [6.07, 6.45) is 5.08. The second-order valence-corrected chi connectivity index (χ2v) is 6.15. The van der Waals surface area contributed by atoms with Crippen LogP contribution in [0.15, 0.2) is 65.2 Å². The molecule has 1 N–H and O–H groups in total. The van der Waals surface area contributed by atoms with Gasteiger partial charge in [0, 0.05) is 29.5 Å². The van der Waals surface area contributed by atoms with Crippen molar-refractivity contribution in [1.29, 1.82) is 5.26 Å². The van der Waals surface area contributed by atoms with Crippen molar-refractivity contribution in [1.82, 2.24) is 19.7 Å². The van der Waals surface area contributed by atoms with Crippen LogP contribution in [0.25, 0.3) is 27.5 Å². The summed E-state index contributed by atoms with van der Waals surface area (Å²) in [4.78, 5) is 21.3. The first-order chi connectivity index (χ1) is 12.3. The molecule has 4 aromatic rings. The number of hydrogen-bond acceptors (Lipinski definition) is 5. The van der Waals surface area contributed by atoms with Crippen LogP contribution in [0.5, 0.6) is 0 Å². The molecule has 0 saturated carbocycles. The smallest absolute Gasteiger partial charge is 0.280 e. The monoisotopic (exact) mass is 345 g/mol. The second kappa shape index (κ2) is 6.19. The Labute approximate surface area is 146 Å². The number of nitrogens with one attached hydrogen (secondary N) is 1. The molecular formula is C18H11N5OS. The molecule has 6 nitrogen and oxygen atoms in total. The number of thiazole rings is 1. The van der Waals surface area contributed by atoms with Crippen LogP contribution in [0, 0.1) is 11.3 Å². The molecule has 0 aliphatic carbocycles. The molecule has 0 radical (unpaired) electrons. The number of nitrogens with zero attached hydrogens (tertiary/aromatic N) is 4. The van der Waals surface area contributed by atoms with Gasteiger partial charge in [0.25, 0.3) is 5.56 Å². The number of benzene rings is 1. The number of pyridine rings is 1. The summed E-state index contributed by atoms with van der Waals surface area (Å²) in [6.45, 7) is 0. The molecule has 1 aromatic carbocycles. The van der Waals surface area contributed by atoms with E-state index in [0.29, 0.717) is 16.9 Å². The van der Waals surface area contributed by atoms with E-state index in [2.05, 4.69) is 21.1 Å². The Morgan fingerprint density at radius 3 is 2.52 bits per heavy atom. The Kier molecular flexibility index (Phi) is 3.72. The quantitative estimate of drug-likeness (QED) is 0.617. The first-order valence-electron chi connectivity index (χ1n) is 7.43. The summed E-state index contributed by atoms with van der Waals surface area (Å²) in [5.74, 6) is 0.505. The molecule has 0 bridgehead atoms. The van der Waals surface area contributed by atoms with Crippen molar-refractivity contribution in [2.24, 2.45) is 0 Å². The van der Waals surface area contributed by atoms with Crippen LogP contribution in [0.2, 0.25) is 0 Å². The second-order valence-electron chi connectivity index (χ2n) is 5.26. The Hall–Kier alpha value is -3.50. The molecule has 3 aromatic heterocycles. The zero-order valence-corrected chi connectivity index (χ0v) is 13.7. The molecule has 3 heterocycles. The van der Waals surface area contributed by atoms with Crippen molar-refractivity contribution in [3.05, 3.63) is 76.3 Å². The number of hydrogen-bond donors (Lipinski definition) is 1. The van der Waals surface area contributed by atoms with Crippen molar-refractivity contribution in [3.8, 4) is 33.6 Å². The molecule has 0 amide bonds. The zero-order chi connectivity index (χ0) is 17.2. The van der Waals surface area contributed by atoms with Crippen LogP contribution in [-0.2, 0) is 0 Å². The van der Waals surface area contributed by atoms with E-state index >= 15 is 0 Å². The molecular weight excluding hydrogens is 334 g/mol. The SMILES string of the molecule is N#Cc1ccc(-c2c[nH]n(-c3ccc(-c4nccs4)cn3)c2=O)cc1. The van der Waals surface area contributed by atoms with Crippen molar-refractivity contribution in [2.45, 2.75) is 0 Å². The van der Waals surface area contributed by atoms with Crippen molar-refractivity contribution in [3.63, 3.8) is 0 Å². The molecule has 0 fully saturated rings. The third-order valence-corrected chi connectivity index (χ3v) is 4.57. The standard InChI is InChI=1S/C18H11N5OS/c19-9-12-1-3-13(4-2-12)15-11-22-23(18(15)24)16-6-5-14(10-21-16)17-20-7-8-25-17/h1-8,10-11,22H. The fourth-order valence-corrected chi connectivity index (χ4v) is 3.11. The molecule has 0 saturated heterocycles. The van der Waals surface area contributed by atoms with Crippen LogP contribution < -0.4 is 5.56 Å². The minimum Gasteiger partial charge on any atom is -0.296 e. The van der Waals surface area contributed by atoms with Crippen molar-refractivity contribution in [2.75, 3.05) is 0 Å². The molecule has 0 aliphatic rings. The third-order valence-electron chi connectivity index (χ3n) is 3.75. The lowest BCUT2D eigenvalue weighted by Crippen LogP contribution is -2.16. The van der Waals surface area contributed by atoms with Gasteiger partial charge in [-0.15, -0.1) is 11.3 Å². The summed E-state index contributed by atoms with van der Waals surface area (Å²) >= 11 is 1.53. The van der Waals surface area contributed by atoms with Gasteiger partial charge in [-0.2, -0.15) is 5.26 Å². The fourth-order valence-electron chi connectivity index (χ4n) is 2.48. The highest BCUT2D eigenvalue weighted by atomic mass is 32.1. The number of H-pyrrole nitrogens is 1. The van der Waals surface area contributed by atoms with E-state index in [1.165, 1.54) is 16.0 Å². The van der Waals surface area contributed by atoms with Crippen LogP contribution in [0.4, 0.5) is 0 Å². The Balaban J connectivity index is 1.69. The highest BCUT2D eigenvalue weighted by molar-refractivity contribution is 7.13. The van der Waals surface area contributed by atoms with E-state index in [9.17, 15) is 4.79 Å². The maximum absolute atomic E-state index is 12.7. The zero-order valence-electron chi connectivity index (χ0n) is 12.9. The normalized spacial score (nSPS) is 10.5. The Morgan fingerprint density at radius 1 is 1.08 bits per heavy atom. The third kappa shape index (κ3) is 2.75. The van der Waals surface area contributed by atoms with Crippen LogP contribution in [-0.4, -0.2) is 19.7 Å². The predicted octanol–water partition coefficient (Wildman–Crippen LogP) is 3.22. The minimum absolute atomic E-state index is 0.195. The maximum atomic E-state index is 12.7. The molecule has 25 heavy (non-hydrogen) atoms. The van der Waals surface area contributed by atoms with Gasteiger partial charge in [0.15, 0.2) is 5.82 Å². The van der Waals surface area contributed by atoms with Crippen LogP contribution in [0.1, 0.15) is 5.56 Å². The molecule has 0 aliphatic heterocycles. The van der Waals surface area contributed by atoms with Gasteiger partial charge in [-0.1, -0.05) is 12.1 Å². The van der Waals surface area contributed by atoms with E-state index in [4.69, 9.17) is 5.26 Å². The van der Waals surface area contributed by atoms with E-state index < -0.39 is 0 Å². The molecule has 0 atom stereocenters. The number of aromatic amines is 1.